The van der Waals surface area contributed by atoms with Crippen LogP contribution < -0.4 is 4.74 Å². The summed E-state index contributed by atoms with van der Waals surface area (Å²) >= 11 is 5.87. The Morgan fingerprint density at radius 3 is 2.35 bits per heavy atom. The average molecular weight is 291 g/mol. The lowest BCUT2D eigenvalue weighted by Gasteiger charge is -2.09. The zero-order valence-electron chi connectivity index (χ0n) is 11.4. The highest BCUT2D eigenvalue weighted by molar-refractivity contribution is 6.30. The van der Waals surface area contributed by atoms with Crippen molar-refractivity contribution in [1.82, 2.24) is 0 Å². The monoisotopic (exact) mass is 290 g/mol. The van der Waals surface area contributed by atoms with Crippen molar-refractivity contribution in [3.05, 3.63) is 53.1 Å². The van der Waals surface area contributed by atoms with Gasteiger partial charge in [-0.25, -0.2) is 4.79 Å². The first-order chi connectivity index (χ1) is 9.60. The highest BCUT2D eigenvalue weighted by atomic mass is 35.5. The molecule has 0 saturated heterocycles. The summed E-state index contributed by atoms with van der Waals surface area (Å²) in [6.07, 6.45) is -0.685. The van der Waals surface area contributed by atoms with Gasteiger partial charge in [-0.05, 0) is 54.8 Å². The molecule has 2 rings (SSSR count). The Kier molecular flexibility index (Phi) is 4.64. The fourth-order valence-electron chi connectivity index (χ4n) is 1.82. The van der Waals surface area contributed by atoms with Crippen molar-refractivity contribution >= 4 is 17.8 Å². The summed E-state index contributed by atoms with van der Waals surface area (Å²) in [7, 11) is 0. The molecule has 0 aromatic heterocycles. The summed E-state index contributed by atoms with van der Waals surface area (Å²) in [5.74, 6) is 0.501. The van der Waals surface area contributed by atoms with Crippen LogP contribution >= 0.6 is 11.6 Å². The number of benzene rings is 2. The Bertz CT molecular complexity index is 606. The number of halogens is 1. The Balaban J connectivity index is 2.21. The number of carbonyl (C=O) groups is 1. The van der Waals surface area contributed by atoms with Gasteiger partial charge in [0.05, 0.1) is 6.61 Å². The van der Waals surface area contributed by atoms with Gasteiger partial charge in [-0.15, -0.1) is 0 Å². The molecule has 0 heterocycles. The van der Waals surface area contributed by atoms with Crippen LogP contribution in [0.15, 0.2) is 42.5 Å². The third-order valence-corrected chi connectivity index (χ3v) is 3.06. The maximum absolute atomic E-state index is 11.3. The number of hydrogen-bond donors (Lipinski definition) is 0. The average Bonchev–Trinajstić information content (AvgIpc) is 2.42. The Labute approximate surface area is 123 Å². The molecule has 0 saturated carbocycles. The molecule has 3 nitrogen and oxygen atoms in total. The van der Waals surface area contributed by atoms with E-state index in [0.717, 1.165) is 16.7 Å². The molecule has 104 valence electrons. The SMILES string of the molecule is CCOC(=O)Oc1ccc(-c2ccc(Cl)cc2)cc1C. The van der Waals surface area contributed by atoms with Crippen molar-refractivity contribution in [3.63, 3.8) is 0 Å². The number of hydrogen-bond acceptors (Lipinski definition) is 3. The van der Waals surface area contributed by atoms with Crippen LogP contribution in [-0.4, -0.2) is 12.8 Å². The first-order valence-corrected chi connectivity index (χ1v) is 6.69. The van der Waals surface area contributed by atoms with Crippen LogP contribution in [0.3, 0.4) is 0 Å². The van der Waals surface area contributed by atoms with E-state index in [1.54, 1.807) is 13.0 Å². The van der Waals surface area contributed by atoms with Crippen LogP contribution in [0.1, 0.15) is 12.5 Å². The molecule has 2 aromatic rings. The zero-order valence-corrected chi connectivity index (χ0v) is 12.1. The lowest BCUT2D eigenvalue weighted by atomic mass is 10.0. The van der Waals surface area contributed by atoms with Crippen molar-refractivity contribution in [2.45, 2.75) is 13.8 Å². The standard InChI is InChI=1S/C16H15ClO3/c1-3-19-16(18)20-15-9-6-13(10-11(15)2)12-4-7-14(17)8-5-12/h4-10H,3H2,1-2H3. The van der Waals surface area contributed by atoms with Crippen LogP contribution in [0.25, 0.3) is 11.1 Å². The van der Waals surface area contributed by atoms with Crippen LogP contribution in [0.4, 0.5) is 4.79 Å². The smallest absolute Gasteiger partial charge is 0.434 e. The van der Waals surface area contributed by atoms with Gasteiger partial charge < -0.3 is 9.47 Å². The topological polar surface area (TPSA) is 35.5 Å². The van der Waals surface area contributed by atoms with E-state index in [0.29, 0.717) is 17.4 Å². The molecule has 4 heteroatoms. The van der Waals surface area contributed by atoms with Gasteiger partial charge in [-0.1, -0.05) is 29.8 Å². The fraction of sp³-hybridized carbons (Fsp3) is 0.188. The molecular formula is C16H15ClO3. The quantitative estimate of drug-likeness (QED) is 0.599. The summed E-state index contributed by atoms with van der Waals surface area (Å²) in [5.41, 5.74) is 2.96. The van der Waals surface area contributed by atoms with E-state index in [4.69, 9.17) is 21.1 Å². The summed E-state index contributed by atoms with van der Waals surface area (Å²) in [6, 6.07) is 13.2. The van der Waals surface area contributed by atoms with Gasteiger partial charge in [0.25, 0.3) is 0 Å². The molecule has 0 aliphatic carbocycles. The van der Waals surface area contributed by atoms with Crippen molar-refractivity contribution in [3.8, 4) is 16.9 Å². The normalized spacial score (nSPS) is 10.2. The lowest BCUT2D eigenvalue weighted by molar-refractivity contribution is 0.104. The van der Waals surface area contributed by atoms with E-state index in [2.05, 4.69) is 0 Å². The minimum atomic E-state index is -0.685. The van der Waals surface area contributed by atoms with Gasteiger partial charge in [0.2, 0.25) is 0 Å². The molecule has 0 aliphatic rings. The molecule has 0 spiro atoms. The maximum Gasteiger partial charge on any atom is 0.513 e. The molecule has 20 heavy (non-hydrogen) atoms. The van der Waals surface area contributed by atoms with Gasteiger partial charge in [-0.2, -0.15) is 0 Å². The minimum Gasteiger partial charge on any atom is -0.434 e. The number of ether oxygens (including phenoxy) is 2. The van der Waals surface area contributed by atoms with Crippen LogP contribution in [0, 0.1) is 6.92 Å². The largest absolute Gasteiger partial charge is 0.513 e. The van der Waals surface area contributed by atoms with Crippen molar-refractivity contribution in [2.75, 3.05) is 6.61 Å². The second-order valence-electron chi connectivity index (χ2n) is 4.27. The highest BCUT2D eigenvalue weighted by Gasteiger charge is 2.08. The Hall–Kier alpha value is -2.00. The molecule has 0 amide bonds. The molecule has 0 fully saturated rings. The Morgan fingerprint density at radius 2 is 1.75 bits per heavy atom. The van der Waals surface area contributed by atoms with Gasteiger partial charge >= 0.3 is 6.16 Å². The van der Waals surface area contributed by atoms with Gasteiger partial charge in [-0.3, -0.25) is 0 Å². The molecule has 0 atom stereocenters. The van der Waals surface area contributed by atoms with Crippen molar-refractivity contribution < 1.29 is 14.3 Å². The van der Waals surface area contributed by atoms with E-state index in [9.17, 15) is 4.79 Å². The fourth-order valence-corrected chi connectivity index (χ4v) is 1.95. The van der Waals surface area contributed by atoms with Gasteiger partial charge in [0.15, 0.2) is 0 Å². The first kappa shape index (κ1) is 14.4. The van der Waals surface area contributed by atoms with Crippen LogP contribution in [0.2, 0.25) is 5.02 Å². The third-order valence-electron chi connectivity index (χ3n) is 2.81. The van der Waals surface area contributed by atoms with E-state index in [1.807, 2.05) is 43.3 Å². The Morgan fingerprint density at radius 1 is 1.10 bits per heavy atom. The summed E-state index contributed by atoms with van der Waals surface area (Å²) in [6.45, 7) is 3.91. The van der Waals surface area contributed by atoms with E-state index < -0.39 is 6.16 Å². The second-order valence-corrected chi connectivity index (χ2v) is 4.71. The van der Waals surface area contributed by atoms with Gasteiger partial charge in [0, 0.05) is 5.02 Å². The molecule has 0 N–H and O–H groups in total. The highest BCUT2D eigenvalue weighted by Crippen LogP contribution is 2.27. The summed E-state index contributed by atoms with van der Waals surface area (Å²) in [5, 5.41) is 0.702. The molecule has 0 aliphatic heterocycles. The summed E-state index contributed by atoms with van der Waals surface area (Å²) in [4.78, 5) is 11.3. The summed E-state index contributed by atoms with van der Waals surface area (Å²) < 4.78 is 9.87. The first-order valence-electron chi connectivity index (χ1n) is 6.31. The van der Waals surface area contributed by atoms with Crippen LogP contribution in [-0.2, 0) is 4.74 Å². The molecule has 0 unspecified atom stereocenters. The van der Waals surface area contributed by atoms with Crippen molar-refractivity contribution in [1.29, 1.82) is 0 Å². The number of carbonyl (C=O) groups excluding carboxylic acids is 1. The second kappa shape index (κ2) is 6.44. The molecule has 0 radical (unpaired) electrons. The minimum absolute atomic E-state index is 0.292. The molecule has 0 bridgehead atoms. The maximum atomic E-state index is 11.3. The van der Waals surface area contributed by atoms with Gasteiger partial charge in [0.1, 0.15) is 5.75 Å². The number of aryl methyl sites for hydroxylation is 1. The lowest BCUT2D eigenvalue weighted by Crippen LogP contribution is -2.10. The zero-order chi connectivity index (χ0) is 14.5. The van der Waals surface area contributed by atoms with E-state index >= 15 is 0 Å². The third kappa shape index (κ3) is 3.52. The molecular weight excluding hydrogens is 276 g/mol. The predicted octanol–water partition coefficient (Wildman–Crippen LogP) is 4.85. The van der Waals surface area contributed by atoms with Crippen molar-refractivity contribution in [2.24, 2.45) is 0 Å². The van der Waals surface area contributed by atoms with E-state index in [-0.39, 0.29) is 0 Å². The predicted molar refractivity (Wildman–Crippen MR) is 79.3 cm³/mol. The number of rotatable bonds is 3. The van der Waals surface area contributed by atoms with E-state index in [1.165, 1.54) is 0 Å². The van der Waals surface area contributed by atoms with Crippen LogP contribution in [0.5, 0.6) is 5.75 Å². The molecule has 2 aromatic carbocycles.